The highest BCUT2D eigenvalue weighted by atomic mass is 16.3. The van der Waals surface area contributed by atoms with Gasteiger partial charge in [-0.15, -0.1) is 0 Å². The van der Waals surface area contributed by atoms with Crippen LogP contribution in [0.3, 0.4) is 0 Å². The molecule has 3 N–H and O–H groups in total. The summed E-state index contributed by atoms with van der Waals surface area (Å²) in [4.78, 5) is 2.39. The van der Waals surface area contributed by atoms with E-state index in [-0.39, 0.29) is 6.10 Å². The number of β-amino-alcohol motifs (C(OH)–C–C–N with tert-alkyl or cyclic N) is 1. The lowest BCUT2D eigenvalue weighted by Crippen LogP contribution is -2.43. The summed E-state index contributed by atoms with van der Waals surface area (Å²) in [6.45, 7) is 4.56. The summed E-state index contributed by atoms with van der Waals surface area (Å²) >= 11 is 0. The van der Waals surface area contributed by atoms with E-state index in [0.29, 0.717) is 6.04 Å². The first-order valence-corrected chi connectivity index (χ1v) is 5.36. The molecule has 0 bridgehead atoms. The van der Waals surface area contributed by atoms with E-state index in [2.05, 4.69) is 4.90 Å². The van der Waals surface area contributed by atoms with Crippen molar-refractivity contribution in [2.24, 2.45) is 5.73 Å². The van der Waals surface area contributed by atoms with Gasteiger partial charge in [0.1, 0.15) is 0 Å². The fourth-order valence-corrected chi connectivity index (χ4v) is 2.16. The molecule has 3 nitrogen and oxygen atoms in total. The molecule has 1 rings (SSSR count). The van der Waals surface area contributed by atoms with Gasteiger partial charge in [-0.25, -0.2) is 0 Å². The summed E-state index contributed by atoms with van der Waals surface area (Å²) in [6.07, 6.45) is 4.71. The van der Waals surface area contributed by atoms with Crippen LogP contribution in [0.2, 0.25) is 0 Å². The van der Waals surface area contributed by atoms with Crippen LogP contribution in [0, 0.1) is 0 Å². The van der Waals surface area contributed by atoms with Gasteiger partial charge in [-0.1, -0.05) is 6.42 Å². The number of aliphatic hydroxyl groups is 1. The normalized spacial score (nSPS) is 27.5. The van der Waals surface area contributed by atoms with Gasteiger partial charge in [-0.3, -0.25) is 4.90 Å². The molecule has 2 atom stereocenters. The van der Waals surface area contributed by atoms with Gasteiger partial charge < -0.3 is 10.8 Å². The molecule has 78 valence electrons. The Labute approximate surface area is 80.9 Å². The van der Waals surface area contributed by atoms with Crippen LogP contribution in [-0.4, -0.2) is 41.8 Å². The second-order valence-corrected chi connectivity index (χ2v) is 4.07. The Kier molecular flexibility index (Phi) is 4.70. The second kappa shape index (κ2) is 5.58. The first kappa shape index (κ1) is 11.0. The molecule has 3 heteroatoms. The van der Waals surface area contributed by atoms with Crippen LogP contribution in [0.15, 0.2) is 0 Å². The van der Waals surface area contributed by atoms with Gasteiger partial charge in [0, 0.05) is 12.6 Å². The lowest BCUT2D eigenvalue weighted by atomic mass is 9.99. The van der Waals surface area contributed by atoms with E-state index in [4.69, 9.17) is 5.73 Å². The van der Waals surface area contributed by atoms with E-state index in [1.807, 2.05) is 6.92 Å². The van der Waals surface area contributed by atoms with E-state index < -0.39 is 0 Å². The number of aliphatic hydroxyl groups excluding tert-OH is 1. The minimum Gasteiger partial charge on any atom is -0.392 e. The standard InChI is InChI=1S/C10H22N2O/c1-9(13)8-12-7-3-2-4-10(12)5-6-11/h9-10,13H,2-8,11H2,1H3/t9-,10?/m0/s1. The van der Waals surface area contributed by atoms with E-state index in [9.17, 15) is 5.11 Å². The predicted molar refractivity (Wildman–Crippen MR) is 54.6 cm³/mol. The van der Waals surface area contributed by atoms with Crippen molar-refractivity contribution in [1.29, 1.82) is 0 Å². The third kappa shape index (κ3) is 3.63. The van der Waals surface area contributed by atoms with Crippen molar-refractivity contribution in [2.45, 2.75) is 44.8 Å². The van der Waals surface area contributed by atoms with Crippen molar-refractivity contribution >= 4 is 0 Å². The Balaban J connectivity index is 2.36. The van der Waals surface area contributed by atoms with Crippen molar-refractivity contribution in [1.82, 2.24) is 4.90 Å². The molecule has 0 aromatic carbocycles. The Morgan fingerprint density at radius 3 is 2.92 bits per heavy atom. The average molecular weight is 186 g/mol. The molecule has 0 spiro atoms. The Hall–Kier alpha value is -0.120. The van der Waals surface area contributed by atoms with Gasteiger partial charge in [0.05, 0.1) is 6.10 Å². The Morgan fingerprint density at radius 2 is 2.31 bits per heavy atom. The number of piperidine rings is 1. The minimum absolute atomic E-state index is 0.210. The molecule has 0 aromatic rings. The van der Waals surface area contributed by atoms with Crippen LogP contribution in [0.1, 0.15) is 32.6 Å². The predicted octanol–water partition coefficient (Wildman–Crippen LogP) is 0.571. The van der Waals surface area contributed by atoms with Crippen LogP contribution in [0.4, 0.5) is 0 Å². The highest BCUT2D eigenvalue weighted by molar-refractivity contribution is 4.78. The highest BCUT2D eigenvalue weighted by Gasteiger charge is 2.22. The summed E-state index contributed by atoms with van der Waals surface area (Å²) in [5.74, 6) is 0. The molecule has 0 radical (unpaired) electrons. The minimum atomic E-state index is -0.210. The maximum Gasteiger partial charge on any atom is 0.0639 e. The van der Waals surface area contributed by atoms with Crippen molar-refractivity contribution in [2.75, 3.05) is 19.6 Å². The Morgan fingerprint density at radius 1 is 1.54 bits per heavy atom. The zero-order valence-electron chi connectivity index (χ0n) is 8.58. The number of rotatable bonds is 4. The molecule has 1 heterocycles. The Bertz CT molecular complexity index is 137. The van der Waals surface area contributed by atoms with Gasteiger partial charge in [-0.2, -0.15) is 0 Å². The van der Waals surface area contributed by atoms with Crippen LogP contribution in [0.25, 0.3) is 0 Å². The van der Waals surface area contributed by atoms with E-state index in [1.54, 1.807) is 0 Å². The number of nitrogens with two attached hydrogens (primary N) is 1. The molecular formula is C10H22N2O. The molecule has 0 aromatic heterocycles. The second-order valence-electron chi connectivity index (χ2n) is 4.07. The summed E-state index contributed by atoms with van der Waals surface area (Å²) in [5.41, 5.74) is 5.56. The summed E-state index contributed by atoms with van der Waals surface area (Å²) in [6, 6.07) is 0.619. The van der Waals surface area contributed by atoms with Crippen molar-refractivity contribution < 1.29 is 5.11 Å². The first-order valence-electron chi connectivity index (χ1n) is 5.36. The maximum absolute atomic E-state index is 9.32. The molecule has 1 unspecified atom stereocenters. The van der Waals surface area contributed by atoms with E-state index in [1.165, 1.54) is 19.3 Å². The molecule has 1 aliphatic heterocycles. The van der Waals surface area contributed by atoms with Crippen LogP contribution in [0.5, 0.6) is 0 Å². The molecule has 0 aliphatic carbocycles. The van der Waals surface area contributed by atoms with Gasteiger partial charge in [-0.05, 0) is 39.3 Å². The molecule has 13 heavy (non-hydrogen) atoms. The van der Waals surface area contributed by atoms with Crippen LogP contribution in [-0.2, 0) is 0 Å². The lowest BCUT2D eigenvalue weighted by molar-refractivity contribution is 0.0739. The molecule has 0 saturated carbocycles. The lowest BCUT2D eigenvalue weighted by Gasteiger charge is -2.36. The zero-order chi connectivity index (χ0) is 9.68. The fraction of sp³-hybridized carbons (Fsp3) is 1.00. The largest absolute Gasteiger partial charge is 0.392 e. The van der Waals surface area contributed by atoms with Crippen LogP contribution < -0.4 is 5.73 Å². The summed E-state index contributed by atoms with van der Waals surface area (Å²) in [7, 11) is 0. The first-order chi connectivity index (χ1) is 6.24. The third-order valence-corrected chi connectivity index (χ3v) is 2.75. The summed E-state index contributed by atoms with van der Waals surface area (Å²) in [5, 5.41) is 9.32. The van der Waals surface area contributed by atoms with Gasteiger partial charge in [0.2, 0.25) is 0 Å². The highest BCUT2D eigenvalue weighted by Crippen LogP contribution is 2.19. The quantitative estimate of drug-likeness (QED) is 0.675. The third-order valence-electron chi connectivity index (χ3n) is 2.75. The topological polar surface area (TPSA) is 49.5 Å². The van der Waals surface area contributed by atoms with Crippen molar-refractivity contribution in [3.63, 3.8) is 0 Å². The molecule has 1 saturated heterocycles. The summed E-state index contributed by atoms with van der Waals surface area (Å²) < 4.78 is 0. The SMILES string of the molecule is C[C@H](O)CN1CCCCC1CCN. The molecule has 1 aliphatic rings. The smallest absolute Gasteiger partial charge is 0.0639 e. The van der Waals surface area contributed by atoms with E-state index in [0.717, 1.165) is 26.1 Å². The average Bonchev–Trinajstić information content (AvgIpc) is 2.08. The number of likely N-dealkylation sites (tertiary alicyclic amines) is 1. The fourth-order valence-electron chi connectivity index (χ4n) is 2.16. The van der Waals surface area contributed by atoms with E-state index >= 15 is 0 Å². The molecule has 0 amide bonds. The van der Waals surface area contributed by atoms with Crippen molar-refractivity contribution in [3.05, 3.63) is 0 Å². The van der Waals surface area contributed by atoms with Gasteiger partial charge in [0.15, 0.2) is 0 Å². The number of hydrogen-bond acceptors (Lipinski definition) is 3. The zero-order valence-corrected chi connectivity index (χ0v) is 8.58. The molecule has 1 fully saturated rings. The van der Waals surface area contributed by atoms with Gasteiger partial charge in [0.25, 0.3) is 0 Å². The van der Waals surface area contributed by atoms with Gasteiger partial charge >= 0.3 is 0 Å². The number of nitrogens with zero attached hydrogens (tertiary/aromatic N) is 1. The monoisotopic (exact) mass is 186 g/mol. The van der Waals surface area contributed by atoms with Crippen molar-refractivity contribution in [3.8, 4) is 0 Å². The number of hydrogen-bond donors (Lipinski definition) is 2. The maximum atomic E-state index is 9.32. The van der Waals surface area contributed by atoms with Crippen LogP contribution >= 0.6 is 0 Å². The molecular weight excluding hydrogens is 164 g/mol.